The van der Waals surface area contributed by atoms with E-state index in [0.717, 1.165) is 0 Å². The summed E-state index contributed by atoms with van der Waals surface area (Å²) >= 11 is 0. The molecule has 0 atom stereocenters. The van der Waals surface area contributed by atoms with Crippen molar-refractivity contribution in [2.75, 3.05) is 23.8 Å². The van der Waals surface area contributed by atoms with Crippen LogP contribution in [-0.2, 0) is 0 Å². The number of azo groups is 1. The van der Waals surface area contributed by atoms with Crippen molar-refractivity contribution in [3.05, 3.63) is 114 Å². The van der Waals surface area contributed by atoms with E-state index in [4.69, 9.17) is 9.47 Å². The molecule has 0 bridgehead atoms. The van der Waals surface area contributed by atoms with E-state index in [-0.39, 0.29) is 28.6 Å². The molecule has 0 aliphatic carbocycles. The van der Waals surface area contributed by atoms with Crippen LogP contribution in [0.5, 0.6) is 17.2 Å². The number of nitrogens with one attached hydrogen (secondary N) is 2. The zero-order valence-electron chi connectivity index (χ0n) is 23.7. The highest BCUT2D eigenvalue weighted by atomic mass is 16.5. The van der Waals surface area contributed by atoms with E-state index < -0.39 is 5.91 Å². The monoisotopic (exact) mass is 574 g/mol. The third-order valence-corrected chi connectivity index (χ3v) is 6.45. The van der Waals surface area contributed by atoms with Crippen LogP contribution < -0.4 is 20.1 Å². The number of para-hydroxylation sites is 1. The molecule has 43 heavy (non-hydrogen) atoms. The Kier molecular flexibility index (Phi) is 8.92. The highest BCUT2D eigenvalue weighted by Gasteiger charge is 2.20. The first kappa shape index (κ1) is 28.8. The van der Waals surface area contributed by atoms with Crippen LogP contribution >= 0.6 is 0 Å². The number of nitrogens with zero attached hydrogens (tertiary/aromatic N) is 2. The van der Waals surface area contributed by atoms with Crippen molar-refractivity contribution >= 4 is 45.3 Å². The summed E-state index contributed by atoms with van der Waals surface area (Å²) in [7, 11) is 0. The number of phenolic OH excluding ortho intramolecular Hbond substituents is 1. The molecule has 3 N–H and O–H groups in total. The molecule has 0 radical (unpaired) electrons. The Balaban J connectivity index is 1.56. The third kappa shape index (κ3) is 6.62. The number of benzene rings is 5. The smallest absolute Gasteiger partial charge is 0.259 e. The molecule has 5 aromatic rings. The maximum atomic E-state index is 13.2. The zero-order chi connectivity index (χ0) is 30.2. The van der Waals surface area contributed by atoms with E-state index in [1.807, 2.05) is 44.2 Å². The van der Waals surface area contributed by atoms with Crippen molar-refractivity contribution in [1.29, 1.82) is 0 Å². The molecule has 9 nitrogen and oxygen atoms in total. The van der Waals surface area contributed by atoms with Crippen LogP contribution in [0.25, 0.3) is 10.8 Å². The molecule has 5 rings (SSSR count). The molecule has 0 unspecified atom stereocenters. The first-order valence-corrected chi connectivity index (χ1v) is 13.8. The lowest BCUT2D eigenvalue weighted by molar-refractivity contribution is 0.101. The minimum atomic E-state index is -0.491. The van der Waals surface area contributed by atoms with Gasteiger partial charge in [-0.25, -0.2) is 0 Å². The SMILES string of the molecule is CCOc1cc(NC(=O)c2ccccc2)cc(OCC)c1N=Nc1c(O)c(C(=O)Nc2ccccc2)cc2ccccc12. The molecule has 0 aromatic heterocycles. The van der Waals surface area contributed by atoms with Gasteiger partial charge in [0, 0.05) is 34.5 Å². The van der Waals surface area contributed by atoms with Gasteiger partial charge in [-0.2, -0.15) is 0 Å². The number of hydrogen-bond acceptors (Lipinski definition) is 7. The van der Waals surface area contributed by atoms with Crippen LogP contribution in [0.3, 0.4) is 0 Å². The van der Waals surface area contributed by atoms with Gasteiger partial charge in [0.1, 0.15) is 5.69 Å². The highest BCUT2D eigenvalue weighted by Crippen LogP contribution is 2.44. The number of anilines is 2. The summed E-state index contributed by atoms with van der Waals surface area (Å²) in [6.07, 6.45) is 0. The van der Waals surface area contributed by atoms with Gasteiger partial charge < -0.3 is 25.2 Å². The Morgan fingerprint density at radius 2 is 1.23 bits per heavy atom. The molecule has 2 amide bonds. The Hall–Kier alpha value is -5.70. The number of amides is 2. The van der Waals surface area contributed by atoms with Gasteiger partial charge in [-0.3, -0.25) is 9.59 Å². The molecule has 5 aromatic carbocycles. The van der Waals surface area contributed by atoms with E-state index in [2.05, 4.69) is 20.9 Å². The largest absolute Gasteiger partial charge is 0.505 e. The second kappa shape index (κ2) is 13.3. The molecule has 9 heteroatoms. The van der Waals surface area contributed by atoms with Crippen molar-refractivity contribution in [2.45, 2.75) is 13.8 Å². The Morgan fingerprint density at radius 1 is 0.674 bits per heavy atom. The van der Waals surface area contributed by atoms with E-state index in [1.165, 1.54) is 0 Å². The number of phenols is 1. The predicted molar refractivity (Wildman–Crippen MR) is 167 cm³/mol. The van der Waals surface area contributed by atoms with Gasteiger partial charge in [0.15, 0.2) is 22.9 Å². The summed E-state index contributed by atoms with van der Waals surface area (Å²) in [5.74, 6) is -0.459. The third-order valence-electron chi connectivity index (χ3n) is 6.45. The number of aromatic hydroxyl groups is 1. The molecular weight excluding hydrogens is 544 g/mol. The maximum Gasteiger partial charge on any atom is 0.259 e. The second-order valence-electron chi connectivity index (χ2n) is 9.37. The van der Waals surface area contributed by atoms with E-state index in [1.54, 1.807) is 72.8 Å². The number of carbonyl (C=O) groups is 2. The molecular formula is C34H30N4O5. The summed E-state index contributed by atoms with van der Waals surface area (Å²) in [6.45, 7) is 4.27. The van der Waals surface area contributed by atoms with Crippen LogP contribution in [0.15, 0.2) is 113 Å². The van der Waals surface area contributed by atoms with Gasteiger partial charge in [0.25, 0.3) is 11.8 Å². The van der Waals surface area contributed by atoms with Crippen molar-refractivity contribution in [3.63, 3.8) is 0 Å². The second-order valence-corrected chi connectivity index (χ2v) is 9.37. The molecule has 0 heterocycles. The molecule has 0 spiro atoms. The van der Waals surface area contributed by atoms with Crippen molar-refractivity contribution in [3.8, 4) is 17.2 Å². The van der Waals surface area contributed by atoms with Crippen molar-refractivity contribution in [1.82, 2.24) is 0 Å². The number of rotatable bonds is 10. The quantitative estimate of drug-likeness (QED) is 0.145. The number of ether oxygens (including phenoxy) is 2. The van der Waals surface area contributed by atoms with Gasteiger partial charge in [-0.05, 0) is 49.6 Å². The first-order chi connectivity index (χ1) is 21.0. The normalized spacial score (nSPS) is 10.9. The summed E-state index contributed by atoms with van der Waals surface area (Å²) in [4.78, 5) is 26.0. The van der Waals surface area contributed by atoms with Crippen LogP contribution in [0.1, 0.15) is 34.6 Å². The fraction of sp³-hybridized carbons (Fsp3) is 0.118. The van der Waals surface area contributed by atoms with Gasteiger partial charge >= 0.3 is 0 Å². The lowest BCUT2D eigenvalue weighted by Gasteiger charge is -2.15. The van der Waals surface area contributed by atoms with E-state index >= 15 is 0 Å². The topological polar surface area (TPSA) is 122 Å². The standard InChI is InChI=1S/C34H30N4O5/c1-3-42-28-20-25(36-33(40)22-13-7-5-8-14-22)21-29(43-4-2)31(28)38-37-30-26-18-12-11-15-23(26)19-27(32(30)39)34(41)35-24-16-9-6-10-17-24/h5-21,39H,3-4H2,1-2H3,(H,35,41)(H,36,40). The minimum absolute atomic E-state index is 0.0468. The lowest BCUT2D eigenvalue weighted by Crippen LogP contribution is -2.12. The van der Waals surface area contributed by atoms with Crippen LogP contribution in [0.2, 0.25) is 0 Å². The van der Waals surface area contributed by atoms with Crippen molar-refractivity contribution in [2.24, 2.45) is 10.2 Å². The number of hydrogen-bond donors (Lipinski definition) is 3. The minimum Gasteiger partial charge on any atom is -0.505 e. The summed E-state index contributed by atoms with van der Waals surface area (Å²) < 4.78 is 11.7. The number of fused-ring (bicyclic) bond motifs is 1. The highest BCUT2D eigenvalue weighted by molar-refractivity contribution is 6.11. The molecule has 0 fully saturated rings. The van der Waals surface area contributed by atoms with Gasteiger partial charge in [0.2, 0.25) is 0 Å². The first-order valence-electron chi connectivity index (χ1n) is 13.8. The van der Waals surface area contributed by atoms with Gasteiger partial charge in [-0.1, -0.05) is 60.7 Å². The van der Waals surface area contributed by atoms with Crippen LogP contribution in [0.4, 0.5) is 22.7 Å². The average Bonchev–Trinajstić information content (AvgIpc) is 3.02. The summed E-state index contributed by atoms with van der Waals surface area (Å²) in [5.41, 5.74) is 1.97. The Bertz CT molecular complexity index is 1760. The average molecular weight is 575 g/mol. The van der Waals surface area contributed by atoms with Crippen molar-refractivity contribution < 1.29 is 24.2 Å². The Labute approximate surface area is 248 Å². The number of carbonyl (C=O) groups excluding carboxylic acids is 2. The fourth-order valence-electron chi connectivity index (χ4n) is 4.49. The van der Waals surface area contributed by atoms with Gasteiger partial charge in [-0.15, -0.1) is 10.2 Å². The summed E-state index contributed by atoms with van der Waals surface area (Å²) in [6, 6.07) is 30.0. The van der Waals surface area contributed by atoms with E-state index in [9.17, 15) is 14.7 Å². The van der Waals surface area contributed by atoms with Crippen LogP contribution in [-0.4, -0.2) is 30.1 Å². The molecule has 0 saturated carbocycles. The van der Waals surface area contributed by atoms with E-state index in [0.29, 0.717) is 52.4 Å². The van der Waals surface area contributed by atoms with Gasteiger partial charge in [0.05, 0.1) is 18.8 Å². The molecule has 0 saturated heterocycles. The Morgan fingerprint density at radius 3 is 1.88 bits per heavy atom. The zero-order valence-corrected chi connectivity index (χ0v) is 23.7. The summed E-state index contributed by atoms with van der Waals surface area (Å²) in [5, 5.41) is 27.1. The maximum absolute atomic E-state index is 13.2. The predicted octanol–water partition coefficient (Wildman–Crippen LogP) is 8.26. The fourth-order valence-corrected chi connectivity index (χ4v) is 4.49. The molecule has 0 aliphatic rings. The molecule has 0 aliphatic heterocycles. The van der Waals surface area contributed by atoms with Crippen LogP contribution in [0, 0.1) is 0 Å². The molecule has 216 valence electrons. The lowest BCUT2D eigenvalue weighted by atomic mass is 10.0.